The van der Waals surface area contributed by atoms with Crippen molar-refractivity contribution in [3.63, 3.8) is 0 Å². The molecule has 0 amide bonds. The SMILES string of the molecule is CCCC1CC1NCc1ccc(C2CC2C)o1. The van der Waals surface area contributed by atoms with E-state index in [2.05, 4.69) is 31.3 Å². The number of furan rings is 1. The number of hydrogen-bond acceptors (Lipinski definition) is 2. The predicted octanol–water partition coefficient (Wildman–Crippen LogP) is 3.68. The normalized spacial score (nSPS) is 34.9. The Balaban J connectivity index is 1.45. The molecule has 1 heterocycles. The Labute approximate surface area is 104 Å². The summed E-state index contributed by atoms with van der Waals surface area (Å²) in [5.74, 6) is 4.78. The minimum atomic E-state index is 0.706. The third kappa shape index (κ3) is 2.57. The molecule has 0 aromatic carbocycles. The second-order valence-electron chi connectivity index (χ2n) is 5.90. The smallest absolute Gasteiger partial charge is 0.117 e. The Morgan fingerprint density at radius 1 is 1.35 bits per heavy atom. The van der Waals surface area contributed by atoms with E-state index in [-0.39, 0.29) is 0 Å². The van der Waals surface area contributed by atoms with Gasteiger partial charge in [-0.25, -0.2) is 0 Å². The van der Waals surface area contributed by atoms with Crippen molar-refractivity contribution in [2.24, 2.45) is 11.8 Å². The van der Waals surface area contributed by atoms with Gasteiger partial charge in [0.05, 0.1) is 6.54 Å². The zero-order chi connectivity index (χ0) is 11.8. The summed E-state index contributed by atoms with van der Waals surface area (Å²) < 4.78 is 5.89. The van der Waals surface area contributed by atoms with Crippen LogP contribution in [0.3, 0.4) is 0 Å². The highest BCUT2D eigenvalue weighted by molar-refractivity contribution is 5.17. The van der Waals surface area contributed by atoms with Gasteiger partial charge in [0.15, 0.2) is 0 Å². The van der Waals surface area contributed by atoms with Crippen LogP contribution in [0.5, 0.6) is 0 Å². The first-order chi connectivity index (χ1) is 8.28. The molecule has 3 rings (SSSR count). The number of rotatable bonds is 6. The summed E-state index contributed by atoms with van der Waals surface area (Å²) in [4.78, 5) is 0. The van der Waals surface area contributed by atoms with Gasteiger partial charge in [-0.3, -0.25) is 0 Å². The van der Waals surface area contributed by atoms with Crippen molar-refractivity contribution in [2.75, 3.05) is 0 Å². The molecule has 94 valence electrons. The summed E-state index contributed by atoms with van der Waals surface area (Å²) >= 11 is 0. The third-order valence-corrected chi connectivity index (χ3v) is 4.28. The maximum atomic E-state index is 5.89. The molecule has 4 unspecified atom stereocenters. The van der Waals surface area contributed by atoms with Gasteiger partial charge in [-0.1, -0.05) is 20.3 Å². The molecule has 2 aliphatic carbocycles. The van der Waals surface area contributed by atoms with Crippen LogP contribution in [0.25, 0.3) is 0 Å². The van der Waals surface area contributed by atoms with Crippen molar-refractivity contribution in [3.8, 4) is 0 Å². The molecule has 0 radical (unpaired) electrons. The second-order valence-corrected chi connectivity index (χ2v) is 5.90. The van der Waals surface area contributed by atoms with Crippen LogP contribution in [0.2, 0.25) is 0 Å². The average molecular weight is 233 g/mol. The number of nitrogens with one attached hydrogen (secondary N) is 1. The van der Waals surface area contributed by atoms with Gasteiger partial charge in [-0.2, -0.15) is 0 Å². The molecule has 1 aromatic rings. The van der Waals surface area contributed by atoms with Crippen molar-refractivity contribution in [1.29, 1.82) is 0 Å². The van der Waals surface area contributed by atoms with Crippen molar-refractivity contribution < 1.29 is 4.42 Å². The molecule has 1 N–H and O–H groups in total. The minimum Gasteiger partial charge on any atom is -0.464 e. The maximum absolute atomic E-state index is 5.89. The molecule has 1 aromatic heterocycles. The van der Waals surface area contributed by atoms with Crippen molar-refractivity contribution >= 4 is 0 Å². The van der Waals surface area contributed by atoms with E-state index in [9.17, 15) is 0 Å². The monoisotopic (exact) mass is 233 g/mol. The van der Waals surface area contributed by atoms with Crippen LogP contribution < -0.4 is 5.32 Å². The van der Waals surface area contributed by atoms with Gasteiger partial charge >= 0.3 is 0 Å². The summed E-state index contributed by atoms with van der Waals surface area (Å²) in [7, 11) is 0. The molecule has 0 bridgehead atoms. The maximum Gasteiger partial charge on any atom is 0.117 e. The molecule has 0 saturated heterocycles. The first-order valence-corrected chi connectivity index (χ1v) is 7.10. The van der Waals surface area contributed by atoms with Crippen LogP contribution in [-0.2, 0) is 6.54 Å². The van der Waals surface area contributed by atoms with E-state index in [1.807, 2.05) is 0 Å². The zero-order valence-electron chi connectivity index (χ0n) is 10.9. The second kappa shape index (κ2) is 4.49. The third-order valence-electron chi connectivity index (χ3n) is 4.28. The molecule has 2 nitrogen and oxygen atoms in total. The molecular formula is C15H23NO. The van der Waals surface area contributed by atoms with E-state index in [1.165, 1.54) is 31.4 Å². The fraction of sp³-hybridized carbons (Fsp3) is 0.733. The highest BCUT2D eigenvalue weighted by atomic mass is 16.3. The predicted molar refractivity (Wildman–Crippen MR) is 68.9 cm³/mol. The average Bonchev–Trinajstić information content (AvgIpc) is 3.18. The van der Waals surface area contributed by atoms with E-state index in [0.29, 0.717) is 5.92 Å². The highest BCUT2D eigenvalue weighted by Gasteiger charge is 2.37. The van der Waals surface area contributed by atoms with Crippen LogP contribution in [0, 0.1) is 11.8 Å². The lowest BCUT2D eigenvalue weighted by Gasteiger charge is -2.01. The summed E-state index contributed by atoms with van der Waals surface area (Å²) in [5, 5.41) is 3.60. The first-order valence-electron chi connectivity index (χ1n) is 7.10. The molecule has 2 aliphatic rings. The largest absolute Gasteiger partial charge is 0.464 e. The highest BCUT2D eigenvalue weighted by Crippen LogP contribution is 2.47. The van der Waals surface area contributed by atoms with Crippen LogP contribution in [0.15, 0.2) is 16.5 Å². The molecule has 0 spiro atoms. The molecule has 17 heavy (non-hydrogen) atoms. The Hall–Kier alpha value is -0.760. The Bertz CT molecular complexity index is 384. The van der Waals surface area contributed by atoms with Crippen molar-refractivity contribution in [2.45, 2.75) is 58.0 Å². The molecule has 2 saturated carbocycles. The summed E-state index contributed by atoms with van der Waals surface area (Å²) in [6.07, 6.45) is 5.36. The topological polar surface area (TPSA) is 25.2 Å². The summed E-state index contributed by atoms with van der Waals surface area (Å²) in [6, 6.07) is 5.06. The summed E-state index contributed by atoms with van der Waals surface area (Å²) in [5.41, 5.74) is 0. The van der Waals surface area contributed by atoms with Crippen LogP contribution in [0.4, 0.5) is 0 Å². The molecular weight excluding hydrogens is 210 g/mol. The van der Waals surface area contributed by atoms with Crippen molar-refractivity contribution in [3.05, 3.63) is 23.7 Å². The van der Waals surface area contributed by atoms with Gasteiger partial charge in [-0.15, -0.1) is 0 Å². The van der Waals surface area contributed by atoms with E-state index >= 15 is 0 Å². The minimum absolute atomic E-state index is 0.706. The van der Waals surface area contributed by atoms with Gasteiger partial charge in [0.2, 0.25) is 0 Å². The molecule has 2 fully saturated rings. The standard InChI is InChI=1S/C15H23NO/c1-3-4-11-8-14(11)16-9-12-5-6-15(17-12)13-7-10(13)2/h5-6,10-11,13-14,16H,3-4,7-9H2,1-2H3. The van der Waals surface area contributed by atoms with E-state index in [4.69, 9.17) is 4.42 Å². The van der Waals surface area contributed by atoms with Crippen LogP contribution in [0.1, 0.15) is 57.0 Å². The van der Waals surface area contributed by atoms with Crippen molar-refractivity contribution in [1.82, 2.24) is 5.32 Å². The van der Waals surface area contributed by atoms with Gasteiger partial charge < -0.3 is 9.73 Å². The van der Waals surface area contributed by atoms with E-state index in [1.54, 1.807) is 0 Å². The van der Waals surface area contributed by atoms with Crippen LogP contribution in [-0.4, -0.2) is 6.04 Å². The van der Waals surface area contributed by atoms with Gasteiger partial charge in [-0.05, 0) is 43.2 Å². The summed E-state index contributed by atoms with van der Waals surface area (Å²) in [6.45, 7) is 5.47. The fourth-order valence-electron chi connectivity index (χ4n) is 2.83. The first kappa shape index (κ1) is 11.3. The molecule has 4 atom stereocenters. The Kier molecular flexibility index (Phi) is 2.99. The molecule has 2 heteroatoms. The van der Waals surface area contributed by atoms with E-state index < -0.39 is 0 Å². The van der Waals surface area contributed by atoms with Gasteiger partial charge in [0, 0.05) is 12.0 Å². The van der Waals surface area contributed by atoms with E-state index in [0.717, 1.165) is 30.2 Å². The molecule has 0 aliphatic heterocycles. The van der Waals surface area contributed by atoms with Gasteiger partial charge in [0.25, 0.3) is 0 Å². The lowest BCUT2D eigenvalue weighted by atomic mass is 10.2. The lowest BCUT2D eigenvalue weighted by molar-refractivity contribution is 0.439. The fourth-order valence-corrected chi connectivity index (χ4v) is 2.83. The lowest BCUT2D eigenvalue weighted by Crippen LogP contribution is -2.17. The number of hydrogen-bond donors (Lipinski definition) is 1. The zero-order valence-corrected chi connectivity index (χ0v) is 10.9. The Morgan fingerprint density at radius 2 is 2.18 bits per heavy atom. The van der Waals surface area contributed by atoms with Gasteiger partial charge in [0.1, 0.15) is 11.5 Å². The quantitative estimate of drug-likeness (QED) is 0.810. The Morgan fingerprint density at radius 3 is 2.88 bits per heavy atom. The van der Waals surface area contributed by atoms with Crippen LogP contribution >= 0.6 is 0 Å².